The molecular weight excluding hydrogens is 230 g/mol. The Bertz CT molecular complexity index is 448. The highest BCUT2D eigenvalue weighted by Crippen LogP contribution is 2.34. The van der Waals surface area contributed by atoms with Gasteiger partial charge in [-0.15, -0.1) is 0 Å². The van der Waals surface area contributed by atoms with Crippen LogP contribution in [0.25, 0.3) is 0 Å². The highest BCUT2D eigenvalue weighted by atomic mass is 16.5. The number of hydrogen-bond donors (Lipinski definition) is 2. The number of ether oxygens (including phenoxy) is 1. The van der Waals surface area contributed by atoms with Crippen LogP contribution in [-0.4, -0.2) is 26.1 Å². The summed E-state index contributed by atoms with van der Waals surface area (Å²) in [6.45, 7) is 1.52. The van der Waals surface area contributed by atoms with Crippen LogP contribution in [0.2, 0.25) is 0 Å². The van der Waals surface area contributed by atoms with Gasteiger partial charge in [0.15, 0.2) is 0 Å². The van der Waals surface area contributed by atoms with E-state index in [1.807, 2.05) is 18.2 Å². The number of primary amides is 1. The van der Waals surface area contributed by atoms with Crippen LogP contribution in [0.5, 0.6) is 5.75 Å². The molecule has 1 unspecified atom stereocenters. The van der Waals surface area contributed by atoms with Gasteiger partial charge in [0.05, 0.1) is 24.4 Å². The highest BCUT2D eigenvalue weighted by Gasteiger charge is 2.25. The largest absolute Gasteiger partial charge is 0.495 e. The average molecular weight is 249 g/mol. The Labute approximate surface area is 107 Å². The van der Waals surface area contributed by atoms with Gasteiger partial charge in [-0.2, -0.15) is 0 Å². The highest BCUT2D eigenvalue weighted by molar-refractivity contribution is 5.79. The molecule has 98 valence electrons. The fourth-order valence-electron chi connectivity index (χ4n) is 2.41. The predicted octanol–water partition coefficient (Wildman–Crippen LogP) is 0.979. The van der Waals surface area contributed by atoms with Gasteiger partial charge in [0.1, 0.15) is 5.75 Å². The summed E-state index contributed by atoms with van der Waals surface area (Å²) in [5, 5.41) is 0. The fraction of sp³-hybridized carbons (Fsp3) is 0.462. The number of benzene rings is 1. The van der Waals surface area contributed by atoms with Crippen molar-refractivity contribution < 1.29 is 9.53 Å². The van der Waals surface area contributed by atoms with Gasteiger partial charge in [0.2, 0.25) is 5.91 Å². The molecule has 1 fully saturated rings. The second kappa shape index (κ2) is 5.16. The first-order chi connectivity index (χ1) is 8.63. The lowest BCUT2D eigenvalue weighted by Gasteiger charge is -2.33. The first kappa shape index (κ1) is 12.5. The Balaban J connectivity index is 2.23. The van der Waals surface area contributed by atoms with Gasteiger partial charge >= 0.3 is 0 Å². The van der Waals surface area contributed by atoms with Crippen molar-refractivity contribution in [3.05, 3.63) is 18.2 Å². The van der Waals surface area contributed by atoms with E-state index in [1.54, 1.807) is 7.11 Å². The maximum Gasteiger partial charge on any atom is 0.222 e. The summed E-state index contributed by atoms with van der Waals surface area (Å²) in [6.07, 6.45) is 1.81. The molecule has 1 saturated heterocycles. The molecule has 0 radical (unpaired) electrons. The van der Waals surface area contributed by atoms with E-state index in [2.05, 4.69) is 4.90 Å². The van der Waals surface area contributed by atoms with Crippen LogP contribution < -0.4 is 21.1 Å². The number of nitrogens with zero attached hydrogens (tertiary/aromatic N) is 1. The first-order valence-corrected chi connectivity index (χ1v) is 6.10. The summed E-state index contributed by atoms with van der Waals surface area (Å²) in [6, 6.07) is 5.67. The minimum absolute atomic E-state index is 0.0932. The number of methoxy groups -OCH3 is 1. The Morgan fingerprint density at radius 3 is 2.94 bits per heavy atom. The van der Waals surface area contributed by atoms with Crippen molar-refractivity contribution in [1.29, 1.82) is 0 Å². The van der Waals surface area contributed by atoms with E-state index in [9.17, 15) is 4.79 Å². The summed E-state index contributed by atoms with van der Waals surface area (Å²) in [4.78, 5) is 13.4. The number of nitrogens with two attached hydrogens (primary N) is 2. The van der Waals surface area contributed by atoms with E-state index in [4.69, 9.17) is 16.2 Å². The molecule has 0 saturated carbocycles. The molecule has 1 amide bonds. The Kier molecular flexibility index (Phi) is 3.60. The smallest absolute Gasteiger partial charge is 0.222 e. The number of hydrogen-bond acceptors (Lipinski definition) is 4. The Morgan fingerprint density at radius 1 is 1.50 bits per heavy atom. The standard InChI is InChI=1S/C13H19N3O2/c1-18-11-6-2-5-10(12(11)14)16-7-3-4-9(8-16)13(15)17/h2,5-6,9H,3-4,7-8,14H2,1H3,(H2,15,17). The number of carbonyl (C=O) groups is 1. The van der Waals surface area contributed by atoms with Gasteiger partial charge in [-0.1, -0.05) is 6.07 Å². The normalized spacial score (nSPS) is 19.6. The molecule has 1 aromatic rings. The van der Waals surface area contributed by atoms with Crippen LogP contribution >= 0.6 is 0 Å². The zero-order valence-corrected chi connectivity index (χ0v) is 10.6. The molecule has 0 aliphatic carbocycles. The molecular formula is C13H19N3O2. The first-order valence-electron chi connectivity index (χ1n) is 6.10. The third-order valence-corrected chi connectivity index (χ3v) is 3.43. The molecule has 5 heteroatoms. The number of piperidine rings is 1. The van der Waals surface area contributed by atoms with E-state index < -0.39 is 0 Å². The zero-order chi connectivity index (χ0) is 13.1. The Hall–Kier alpha value is -1.91. The van der Waals surface area contributed by atoms with E-state index in [-0.39, 0.29) is 11.8 Å². The summed E-state index contributed by atoms with van der Waals surface area (Å²) >= 11 is 0. The van der Waals surface area contributed by atoms with E-state index in [1.165, 1.54) is 0 Å². The van der Waals surface area contributed by atoms with Crippen LogP contribution in [-0.2, 0) is 4.79 Å². The van der Waals surface area contributed by atoms with Crippen molar-refractivity contribution in [2.45, 2.75) is 12.8 Å². The molecule has 18 heavy (non-hydrogen) atoms. The molecule has 0 aromatic heterocycles. The number of rotatable bonds is 3. The predicted molar refractivity (Wildman–Crippen MR) is 71.5 cm³/mol. The number of amides is 1. The molecule has 4 N–H and O–H groups in total. The summed E-state index contributed by atoms with van der Waals surface area (Å²) in [5.74, 6) is 0.333. The number of para-hydroxylation sites is 1. The van der Waals surface area contributed by atoms with Crippen molar-refractivity contribution in [2.24, 2.45) is 11.7 Å². The SMILES string of the molecule is COc1cccc(N2CCCC(C(N)=O)C2)c1N. The third kappa shape index (κ3) is 2.34. The second-order valence-electron chi connectivity index (χ2n) is 4.58. The van der Waals surface area contributed by atoms with Crippen LogP contribution in [0.1, 0.15) is 12.8 Å². The van der Waals surface area contributed by atoms with Crippen molar-refractivity contribution in [3.63, 3.8) is 0 Å². The lowest BCUT2D eigenvalue weighted by molar-refractivity contribution is -0.122. The molecule has 2 rings (SSSR count). The number of carbonyl (C=O) groups excluding carboxylic acids is 1. The van der Waals surface area contributed by atoms with E-state index in [0.717, 1.165) is 25.1 Å². The van der Waals surface area contributed by atoms with E-state index >= 15 is 0 Å². The number of nitrogen functional groups attached to an aromatic ring is 1. The van der Waals surface area contributed by atoms with Gasteiger partial charge in [-0.05, 0) is 25.0 Å². The third-order valence-electron chi connectivity index (χ3n) is 3.43. The fourth-order valence-corrected chi connectivity index (χ4v) is 2.41. The maximum absolute atomic E-state index is 11.3. The zero-order valence-electron chi connectivity index (χ0n) is 10.6. The van der Waals surface area contributed by atoms with Gasteiger partial charge in [0, 0.05) is 13.1 Å². The maximum atomic E-state index is 11.3. The molecule has 1 aliphatic heterocycles. The van der Waals surface area contributed by atoms with Gasteiger partial charge in [0.25, 0.3) is 0 Å². The molecule has 1 atom stereocenters. The summed E-state index contributed by atoms with van der Waals surface area (Å²) in [7, 11) is 1.60. The lowest BCUT2D eigenvalue weighted by atomic mass is 9.97. The van der Waals surface area contributed by atoms with Crippen molar-refractivity contribution in [1.82, 2.24) is 0 Å². The Morgan fingerprint density at radius 2 is 2.28 bits per heavy atom. The molecule has 1 aromatic carbocycles. The van der Waals surface area contributed by atoms with E-state index in [0.29, 0.717) is 18.0 Å². The molecule has 0 spiro atoms. The molecule has 0 bridgehead atoms. The van der Waals surface area contributed by atoms with Gasteiger partial charge in [-0.3, -0.25) is 4.79 Å². The van der Waals surface area contributed by atoms with Gasteiger partial charge in [-0.25, -0.2) is 0 Å². The lowest BCUT2D eigenvalue weighted by Crippen LogP contribution is -2.41. The van der Waals surface area contributed by atoms with Crippen LogP contribution in [0.15, 0.2) is 18.2 Å². The van der Waals surface area contributed by atoms with Crippen molar-refractivity contribution in [2.75, 3.05) is 30.8 Å². The van der Waals surface area contributed by atoms with Gasteiger partial charge < -0.3 is 21.1 Å². The second-order valence-corrected chi connectivity index (χ2v) is 4.58. The van der Waals surface area contributed by atoms with Crippen LogP contribution in [0.4, 0.5) is 11.4 Å². The van der Waals surface area contributed by atoms with Crippen LogP contribution in [0.3, 0.4) is 0 Å². The molecule has 1 aliphatic rings. The quantitative estimate of drug-likeness (QED) is 0.782. The molecule has 1 heterocycles. The van der Waals surface area contributed by atoms with Crippen molar-refractivity contribution >= 4 is 17.3 Å². The monoisotopic (exact) mass is 249 g/mol. The van der Waals surface area contributed by atoms with Crippen molar-refractivity contribution in [3.8, 4) is 5.75 Å². The topological polar surface area (TPSA) is 81.6 Å². The van der Waals surface area contributed by atoms with Crippen LogP contribution in [0, 0.1) is 5.92 Å². The molecule has 5 nitrogen and oxygen atoms in total. The number of anilines is 2. The summed E-state index contributed by atoms with van der Waals surface area (Å²) in [5.41, 5.74) is 13.0. The minimum Gasteiger partial charge on any atom is -0.495 e. The summed E-state index contributed by atoms with van der Waals surface area (Å²) < 4.78 is 5.21. The average Bonchev–Trinajstić information content (AvgIpc) is 2.39. The minimum atomic E-state index is -0.235.